The van der Waals surface area contributed by atoms with Gasteiger partial charge in [-0.25, -0.2) is 9.97 Å². The second-order valence-electron chi connectivity index (χ2n) is 7.55. The fourth-order valence-corrected chi connectivity index (χ4v) is 3.80. The van der Waals surface area contributed by atoms with E-state index in [-0.39, 0.29) is 12.5 Å². The van der Waals surface area contributed by atoms with Crippen LogP contribution in [0.3, 0.4) is 0 Å². The third kappa shape index (κ3) is 4.23. The predicted octanol–water partition coefficient (Wildman–Crippen LogP) is 3.60. The molecular formula is C25H23N5O3. The fourth-order valence-electron chi connectivity index (χ4n) is 3.80. The summed E-state index contributed by atoms with van der Waals surface area (Å²) in [5.74, 6) is 0.955. The summed E-state index contributed by atoms with van der Waals surface area (Å²) in [4.78, 5) is 24.0. The third-order valence-corrected chi connectivity index (χ3v) is 5.47. The SMILES string of the molecule is COc1ccccc1OCC(=O)N(Cc1cnc2ccccn12)Cc1cnc2ccccn12. The van der Waals surface area contributed by atoms with Gasteiger partial charge in [-0.15, -0.1) is 0 Å². The lowest BCUT2D eigenvalue weighted by molar-refractivity contribution is -0.134. The average Bonchev–Trinajstić information content (AvgIpc) is 3.46. The molecule has 0 saturated heterocycles. The lowest BCUT2D eigenvalue weighted by Gasteiger charge is -2.23. The van der Waals surface area contributed by atoms with Gasteiger partial charge in [-0.3, -0.25) is 4.79 Å². The molecule has 8 heteroatoms. The van der Waals surface area contributed by atoms with Crippen molar-refractivity contribution in [3.8, 4) is 11.5 Å². The number of hydrogen-bond acceptors (Lipinski definition) is 5. The van der Waals surface area contributed by atoms with Crippen LogP contribution in [0, 0.1) is 0 Å². The first-order chi connectivity index (χ1) is 16.2. The quantitative estimate of drug-likeness (QED) is 0.368. The molecular weight excluding hydrogens is 418 g/mol. The number of hydrogen-bond donors (Lipinski definition) is 0. The van der Waals surface area contributed by atoms with Crippen molar-refractivity contribution in [2.75, 3.05) is 13.7 Å². The number of para-hydroxylation sites is 2. The van der Waals surface area contributed by atoms with Gasteiger partial charge in [-0.05, 0) is 36.4 Å². The van der Waals surface area contributed by atoms with Crippen LogP contribution in [0.4, 0.5) is 0 Å². The third-order valence-electron chi connectivity index (χ3n) is 5.47. The average molecular weight is 441 g/mol. The molecule has 0 unspecified atom stereocenters. The first-order valence-corrected chi connectivity index (χ1v) is 10.6. The van der Waals surface area contributed by atoms with Gasteiger partial charge in [-0.1, -0.05) is 24.3 Å². The normalized spacial score (nSPS) is 11.1. The van der Waals surface area contributed by atoms with Crippen LogP contribution in [-0.4, -0.2) is 43.3 Å². The van der Waals surface area contributed by atoms with Crippen molar-refractivity contribution in [2.24, 2.45) is 0 Å². The fraction of sp³-hybridized carbons (Fsp3) is 0.160. The van der Waals surface area contributed by atoms with Crippen LogP contribution in [0.25, 0.3) is 11.3 Å². The van der Waals surface area contributed by atoms with E-state index < -0.39 is 0 Å². The second-order valence-corrected chi connectivity index (χ2v) is 7.55. The molecule has 4 heterocycles. The number of methoxy groups -OCH3 is 1. The maximum absolute atomic E-state index is 13.3. The van der Waals surface area contributed by atoms with Crippen molar-refractivity contribution in [3.05, 3.63) is 96.8 Å². The van der Waals surface area contributed by atoms with Gasteiger partial charge in [0.1, 0.15) is 11.3 Å². The highest BCUT2D eigenvalue weighted by molar-refractivity contribution is 5.78. The molecule has 5 aromatic rings. The first kappa shape index (κ1) is 20.6. The van der Waals surface area contributed by atoms with Crippen molar-refractivity contribution in [3.63, 3.8) is 0 Å². The zero-order chi connectivity index (χ0) is 22.6. The smallest absolute Gasteiger partial charge is 0.261 e. The van der Waals surface area contributed by atoms with Crippen LogP contribution in [0.1, 0.15) is 11.4 Å². The Hall–Kier alpha value is -4.33. The largest absolute Gasteiger partial charge is 0.493 e. The summed E-state index contributed by atoms with van der Waals surface area (Å²) in [6, 6.07) is 18.9. The summed E-state index contributed by atoms with van der Waals surface area (Å²) in [5.41, 5.74) is 3.48. The Morgan fingerprint density at radius 2 is 1.36 bits per heavy atom. The van der Waals surface area contributed by atoms with E-state index in [1.807, 2.05) is 69.7 Å². The van der Waals surface area contributed by atoms with E-state index in [1.165, 1.54) is 0 Å². The summed E-state index contributed by atoms with van der Waals surface area (Å²) < 4.78 is 15.1. The Kier molecular flexibility index (Phi) is 5.63. The molecule has 1 amide bonds. The number of rotatable bonds is 8. The lowest BCUT2D eigenvalue weighted by Crippen LogP contribution is -2.34. The van der Waals surface area contributed by atoms with Gasteiger partial charge >= 0.3 is 0 Å². The number of nitrogens with zero attached hydrogens (tertiary/aromatic N) is 5. The first-order valence-electron chi connectivity index (χ1n) is 10.6. The zero-order valence-electron chi connectivity index (χ0n) is 18.2. The molecule has 33 heavy (non-hydrogen) atoms. The van der Waals surface area contributed by atoms with Gasteiger partial charge in [0.25, 0.3) is 5.91 Å². The minimum Gasteiger partial charge on any atom is -0.493 e. The van der Waals surface area contributed by atoms with Crippen LogP contribution in [-0.2, 0) is 17.9 Å². The van der Waals surface area contributed by atoms with Crippen LogP contribution in [0.15, 0.2) is 85.5 Å². The summed E-state index contributed by atoms with van der Waals surface area (Å²) >= 11 is 0. The van der Waals surface area contributed by atoms with Crippen molar-refractivity contribution in [1.29, 1.82) is 0 Å². The molecule has 0 spiro atoms. The van der Waals surface area contributed by atoms with E-state index in [1.54, 1.807) is 36.5 Å². The molecule has 0 atom stereocenters. The van der Waals surface area contributed by atoms with Crippen LogP contribution in [0.5, 0.6) is 11.5 Å². The highest BCUT2D eigenvalue weighted by Crippen LogP contribution is 2.26. The van der Waals surface area contributed by atoms with Crippen molar-refractivity contribution < 1.29 is 14.3 Å². The number of imidazole rings is 2. The molecule has 0 aliphatic rings. The molecule has 8 nitrogen and oxygen atoms in total. The Balaban J connectivity index is 1.41. The molecule has 0 fully saturated rings. The van der Waals surface area contributed by atoms with Gasteiger partial charge in [0.15, 0.2) is 18.1 Å². The van der Waals surface area contributed by atoms with Crippen LogP contribution >= 0.6 is 0 Å². The minimum absolute atomic E-state index is 0.117. The number of carbonyl (C=O) groups excluding carboxylic acids is 1. The van der Waals surface area contributed by atoms with E-state index in [9.17, 15) is 4.79 Å². The summed E-state index contributed by atoms with van der Waals surface area (Å²) in [6.45, 7) is 0.632. The van der Waals surface area contributed by atoms with Gasteiger partial charge in [0.2, 0.25) is 0 Å². The zero-order valence-corrected chi connectivity index (χ0v) is 18.2. The molecule has 1 aromatic carbocycles. The molecule has 0 radical (unpaired) electrons. The highest BCUT2D eigenvalue weighted by Gasteiger charge is 2.20. The standard InChI is InChI=1S/C25H23N5O3/c1-32-21-8-2-3-9-22(21)33-18-25(31)28(16-19-14-26-23-10-4-6-12-29(19)23)17-20-15-27-24-11-5-7-13-30(20)24/h2-15H,16-18H2,1H3. The van der Waals surface area contributed by atoms with Crippen LogP contribution in [0.2, 0.25) is 0 Å². The lowest BCUT2D eigenvalue weighted by atomic mass is 10.3. The summed E-state index contributed by atoms with van der Waals surface area (Å²) in [5, 5.41) is 0. The Morgan fingerprint density at radius 3 is 1.94 bits per heavy atom. The van der Waals surface area contributed by atoms with Crippen molar-refractivity contribution >= 4 is 17.2 Å². The summed E-state index contributed by atoms with van der Waals surface area (Å²) in [7, 11) is 1.58. The maximum Gasteiger partial charge on any atom is 0.261 e. The van der Waals surface area contributed by atoms with Gasteiger partial charge in [0.05, 0.1) is 44.0 Å². The topological polar surface area (TPSA) is 73.4 Å². The summed E-state index contributed by atoms with van der Waals surface area (Å²) in [6.07, 6.45) is 7.48. The second kappa shape index (κ2) is 9.04. The molecule has 5 rings (SSSR count). The van der Waals surface area contributed by atoms with Crippen molar-refractivity contribution in [2.45, 2.75) is 13.1 Å². The molecule has 0 aliphatic carbocycles. The molecule has 0 bridgehead atoms. The Bertz CT molecular complexity index is 1330. The Labute approximate surface area is 190 Å². The number of aromatic nitrogens is 4. The number of carbonyl (C=O) groups is 1. The molecule has 0 N–H and O–H groups in total. The molecule has 0 saturated carbocycles. The maximum atomic E-state index is 13.3. The van der Waals surface area contributed by atoms with Gasteiger partial charge < -0.3 is 23.2 Å². The van der Waals surface area contributed by atoms with Gasteiger partial charge in [-0.2, -0.15) is 0 Å². The monoisotopic (exact) mass is 441 g/mol. The Morgan fingerprint density at radius 1 is 0.818 bits per heavy atom. The number of amides is 1. The van der Waals surface area contributed by atoms with Crippen molar-refractivity contribution in [1.82, 2.24) is 23.7 Å². The molecule has 4 aromatic heterocycles. The predicted molar refractivity (Wildman–Crippen MR) is 123 cm³/mol. The number of fused-ring (bicyclic) bond motifs is 2. The number of ether oxygens (including phenoxy) is 2. The number of pyridine rings is 2. The van der Waals surface area contributed by atoms with E-state index in [0.717, 1.165) is 22.7 Å². The minimum atomic E-state index is -0.155. The highest BCUT2D eigenvalue weighted by atomic mass is 16.5. The van der Waals surface area contributed by atoms with E-state index >= 15 is 0 Å². The molecule has 0 aliphatic heterocycles. The van der Waals surface area contributed by atoms with E-state index in [4.69, 9.17) is 9.47 Å². The molecule has 166 valence electrons. The van der Waals surface area contributed by atoms with Gasteiger partial charge in [0, 0.05) is 12.4 Å². The van der Waals surface area contributed by atoms with Crippen LogP contribution < -0.4 is 9.47 Å². The van der Waals surface area contributed by atoms with E-state index in [2.05, 4.69) is 9.97 Å². The number of benzene rings is 1. The van der Waals surface area contributed by atoms with E-state index in [0.29, 0.717) is 24.6 Å².